The molecule has 0 aromatic heterocycles. The molecule has 114 valence electrons. The Kier molecular flexibility index (Phi) is 4.71. The van der Waals surface area contributed by atoms with Crippen LogP contribution in [0.1, 0.15) is 11.1 Å². The predicted molar refractivity (Wildman–Crippen MR) is 88.1 cm³/mol. The molecule has 1 saturated heterocycles. The van der Waals surface area contributed by atoms with E-state index >= 15 is 0 Å². The number of hydrogen-bond acceptors (Lipinski definition) is 3. The SMILES string of the molecule is Oc1ccc(/C=N/N2CC[NH+](Cc3ccccc3)CC2)cc1. The molecule has 2 aromatic rings. The van der Waals surface area contributed by atoms with Crippen LogP contribution in [0.25, 0.3) is 0 Å². The number of nitrogens with zero attached hydrogens (tertiary/aromatic N) is 2. The number of benzene rings is 2. The maximum atomic E-state index is 9.27. The topological polar surface area (TPSA) is 40.3 Å². The van der Waals surface area contributed by atoms with Crippen molar-refractivity contribution in [2.24, 2.45) is 5.10 Å². The molecule has 0 unspecified atom stereocenters. The van der Waals surface area contributed by atoms with E-state index in [2.05, 4.69) is 40.4 Å². The Labute approximate surface area is 131 Å². The third kappa shape index (κ3) is 4.09. The van der Waals surface area contributed by atoms with Gasteiger partial charge in [-0.2, -0.15) is 5.10 Å². The maximum absolute atomic E-state index is 9.27. The summed E-state index contributed by atoms with van der Waals surface area (Å²) >= 11 is 0. The largest absolute Gasteiger partial charge is 0.508 e. The molecule has 2 N–H and O–H groups in total. The van der Waals surface area contributed by atoms with Crippen LogP contribution >= 0.6 is 0 Å². The molecule has 0 spiro atoms. The molecule has 0 atom stereocenters. The van der Waals surface area contributed by atoms with Crippen LogP contribution in [0, 0.1) is 0 Å². The average molecular weight is 296 g/mol. The van der Waals surface area contributed by atoms with Crippen molar-refractivity contribution in [2.45, 2.75) is 6.54 Å². The van der Waals surface area contributed by atoms with Crippen LogP contribution in [0.4, 0.5) is 0 Å². The molecule has 2 aromatic carbocycles. The van der Waals surface area contributed by atoms with Gasteiger partial charge < -0.3 is 10.0 Å². The molecule has 4 heteroatoms. The number of quaternary nitrogens is 1. The van der Waals surface area contributed by atoms with Gasteiger partial charge in [-0.25, -0.2) is 0 Å². The fraction of sp³-hybridized carbons (Fsp3) is 0.278. The standard InChI is InChI=1S/C18H21N3O/c22-18-8-6-16(7-9-18)14-19-21-12-10-20(11-13-21)15-17-4-2-1-3-5-17/h1-9,14,22H,10-13,15H2/p+1/b19-14+. The van der Waals surface area contributed by atoms with Gasteiger partial charge in [-0.05, 0) is 29.8 Å². The summed E-state index contributed by atoms with van der Waals surface area (Å²) < 4.78 is 0. The fourth-order valence-corrected chi connectivity index (χ4v) is 2.70. The molecule has 0 radical (unpaired) electrons. The zero-order valence-corrected chi connectivity index (χ0v) is 12.7. The Morgan fingerprint density at radius 2 is 1.68 bits per heavy atom. The molecule has 3 rings (SSSR count). The molecular formula is C18H22N3O+. The minimum atomic E-state index is 0.287. The number of phenols is 1. The highest BCUT2D eigenvalue weighted by Gasteiger charge is 2.18. The summed E-state index contributed by atoms with van der Waals surface area (Å²) in [7, 11) is 0. The van der Waals surface area contributed by atoms with Crippen molar-refractivity contribution in [1.82, 2.24) is 5.01 Å². The second-order valence-electron chi connectivity index (χ2n) is 5.70. The van der Waals surface area contributed by atoms with Gasteiger partial charge in [0.2, 0.25) is 0 Å². The Balaban J connectivity index is 1.48. The summed E-state index contributed by atoms with van der Waals surface area (Å²) in [6, 6.07) is 17.8. The van der Waals surface area contributed by atoms with Gasteiger partial charge in [0.25, 0.3) is 0 Å². The smallest absolute Gasteiger partial charge is 0.115 e. The molecule has 0 amide bonds. The lowest BCUT2D eigenvalue weighted by molar-refractivity contribution is -0.918. The van der Waals surface area contributed by atoms with E-state index in [0.29, 0.717) is 0 Å². The molecule has 0 bridgehead atoms. The van der Waals surface area contributed by atoms with Gasteiger partial charge in [0, 0.05) is 5.56 Å². The van der Waals surface area contributed by atoms with Crippen LogP contribution < -0.4 is 4.90 Å². The van der Waals surface area contributed by atoms with E-state index < -0.39 is 0 Å². The van der Waals surface area contributed by atoms with Crippen molar-refractivity contribution in [3.63, 3.8) is 0 Å². The molecule has 1 fully saturated rings. The van der Waals surface area contributed by atoms with Gasteiger partial charge >= 0.3 is 0 Å². The van der Waals surface area contributed by atoms with Gasteiger partial charge in [-0.3, -0.25) is 5.01 Å². The summed E-state index contributed by atoms with van der Waals surface area (Å²) in [4.78, 5) is 1.61. The first kappa shape index (κ1) is 14.6. The maximum Gasteiger partial charge on any atom is 0.115 e. The van der Waals surface area contributed by atoms with Crippen LogP contribution in [0.3, 0.4) is 0 Å². The number of aromatic hydroxyl groups is 1. The second-order valence-corrected chi connectivity index (χ2v) is 5.70. The van der Waals surface area contributed by atoms with Gasteiger partial charge in [0.1, 0.15) is 12.3 Å². The van der Waals surface area contributed by atoms with Crippen LogP contribution in [0.2, 0.25) is 0 Å². The molecular weight excluding hydrogens is 274 g/mol. The summed E-state index contributed by atoms with van der Waals surface area (Å²) in [6.45, 7) is 5.29. The van der Waals surface area contributed by atoms with E-state index in [-0.39, 0.29) is 5.75 Å². The summed E-state index contributed by atoms with van der Waals surface area (Å²) in [5, 5.41) is 15.9. The second kappa shape index (κ2) is 7.09. The highest BCUT2D eigenvalue weighted by Crippen LogP contribution is 2.08. The summed E-state index contributed by atoms with van der Waals surface area (Å²) in [5.41, 5.74) is 2.41. The highest BCUT2D eigenvalue weighted by atomic mass is 16.3. The first-order chi connectivity index (χ1) is 10.8. The minimum absolute atomic E-state index is 0.287. The first-order valence-corrected chi connectivity index (χ1v) is 7.75. The van der Waals surface area contributed by atoms with E-state index in [1.807, 2.05) is 18.3 Å². The van der Waals surface area contributed by atoms with Crippen molar-refractivity contribution < 1.29 is 10.0 Å². The lowest BCUT2D eigenvalue weighted by atomic mass is 10.2. The number of hydrogen-bond donors (Lipinski definition) is 2. The van der Waals surface area contributed by atoms with Crippen LogP contribution in [0.5, 0.6) is 5.75 Å². The quantitative estimate of drug-likeness (QED) is 0.830. The Morgan fingerprint density at radius 1 is 1.00 bits per heavy atom. The fourth-order valence-electron chi connectivity index (χ4n) is 2.70. The van der Waals surface area contributed by atoms with E-state index in [9.17, 15) is 5.11 Å². The van der Waals surface area contributed by atoms with E-state index in [4.69, 9.17) is 0 Å². The zero-order chi connectivity index (χ0) is 15.2. The molecule has 0 aliphatic carbocycles. The average Bonchev–Trinajstić information content (AvgIpc) is 2.57. The van der Waals surface area contributed by atoms with Gasteiger partial charge in [-0.1, -0.05) is 30.3 Å². The van der Waals surface area contributed by atoms with Crippen molar-refractivity contribution in [3.8, 4) is 5.75 Å². The van der Waals surface area contributed by atoms with Crippen LogP contribution in [0.15, 0.2) is 59.7 Å². The molecule has 1 aliphatic rings. The zero-order valence-electron chi connectivity index (χ0n) is 12.7. The normalized spacial score (nSPS) is 16.3. The first-order valence-electron chi connectivity index (χ1n) is 7.75. The van der Waals surface area contributed by atoms with E-state index in [1.165, 1.54) is 5.56 Å². The molecule has 4 nitrogen and oxygen atoms in total. The third-order valence-electron chi connectivity index (χ3n) is 4.01. The number of rotatable bonds is 4. The number of hydrazone groups is 1. The number of piperazine rings is 1. The summed E-state index contributed by atoms with van der Waals surface area (Å²) in [5.74, 6) is 0.287. The van der Waals surface area contributed by atoms with Crippen molar-refractivity contribution >= 4 is 6.21 Å². The van der Waals surface area contributed by atoms with Crippen molar-refractivity contribution in [1.29, 1.82) is 0 Å². The highest BCUT2D eigenvalue weighted by molar-refractivity contribution is 5.79. The Morgan fingerprint density at radius 3 is 2.36 bits per heavy atom. The Bertz CT molecular complexity index is 602. The summed E-state index contributed by atoms with van der Waals surface area (Å²) in [6.07, 6.45) is 1.86. The van der Waals surface area contributed by atoms with Gasteiger partial charge in [0.15, 0.2) is 0 Å². The molecule has 1 heterocycles. The van der Waals surface area contributed by atoms with E-state index in [0.717, 1.165) is 38.3 Å². The van der Waals surface area contributed by atoms with Crippen molar-refractivity contribution in [2.75, 3.05) is 26.2 Å². The van der Waals surface area contributed by atoms with Crippen molar-refractivity contribution in [3.05, 3.63) is 65.7 Å². The number of phenolic OH excluding ortho intramolecular Hbond substituents is 1. The molecule has 1 aliphatic heterocycles. The Hall–Kier alpha value is -2.33. The molecule has 22 heavy (non-hydrogen) atoms. The van der Waals surface area contributed by atoms with E-state index in [1.54, 1.807) is 17.0 Å². The van der Waals surface area contributed by atoms with Crippen LogP contribution in [-0.4, -0.2) is 42.5 Å². The monoisotopic (exact) mass is 296 g/mol. The number of nitrogens with one attached hydrogen (secondary N) is 1. The van der Waals surface area contributed by atoms with Gasteiger partial charge in [0.05, 0.1) is 32.4 Å². The van der Waals surface area contributed by atoms with Crippen LogP contribution in [-0.2, 0) is 6.54 Å². The lowest BCUT2D eigenvalue weighted by Crippen LogP contribution is -3.13. The predicted octanol–water partition coefficient (Wildman–Crippen LogP) is 1.13. The molecule has 0 saturated carbocycles. The third-order valence-corrected chi connectivity index (χ3v) is 4.01. The minimum Gasteiger partial charge on any atom is -0.508 e. The van der Waals surface area contributed by atoms with Gasteiger partial charge in [-0.15, -0.1) is 0 Å². The lowest BCUT2D eigenvalue weighted by Gasteiger charge is -2.30.